The molecule has 1 aromatic heterocycles. The quantitative estimate of drug-likeness (QED) is 0.745. The Hall–Kier alpha value is -2.18. The van der Waals surface area contributed by atoms with Gasteiger partial charge in [-0.25, -0.2) is 17.9 Å². The molecule has 0 aliphatic carbocycles. The number of hydrogen-bond acceptors (Lipinski definition) is 2. The first-order valence-electron chi connectivity index (χ1n) is 4.64. The summed E-state index contributed by atoms with van der Waals surface area (Å²) in [4.78, 5) is 11.6. The number of nitrogens with one attached hydrogen (secondary N) is 1. The predicted octanol–water partition coefficient (Wildman–Crippen LogP) is 1.47. The van der Waals surface area contributed by atoms with E-state index in [-0.39, 0.29) is 11.4 Å². The van der Waals surface area contributed by atoms with Crippen LogP contribution in [0.5, 0.6) is 0 Å². The van der Waals surface area contributed by atoms with Gasteiger partial charge in [0.1, 0.15) is 5.69 Å². The lowest BCUT2D eigenvalue weighted by molar-refractivity contribution is 0.446. The highest BCUT2D eigenvalue weighted by atomic mass is 19.2. The van der Waals surface area contributed by atoms with Crippen LogP contribution in [-0.4, -0.2) is 9.78 Å². The number of aryl methyl sites for hydroxylation is 1. The topological polar surface area (TPSA) is 63.8 Å². The summed E-state index contributed by atoms with van der Waals surface area (Å²) < 4.78 is 39.6. The van der Waals surface area contributed by atoms with Gasteiger partial charge in [0.25, 0.3) is 5.56 Å². The maximum Gasteiger partial charge on any atom is 0.294 e. The predicted molar refractivity (Wildman–Crippen MR) is 55.4 cm³/mol. The largest absolute Gasteiger partial charge is 0.393 e. The van der Waals surface area contributed by atoms with Crippen molar-refractivity contribution in [2.24, 2.45) is 0 Å². The van der Waals surface area contributed by atoms with E-state index < -0.39 is 23.0 Å². The number of nitrogens with two attached hydrogens (primary N) is 1. The van der Waals surface area contributed by atoms with Crippen LogP contribution < -0.4 is 11.3 Å². The first-order chi connectivity index (χ1) is 7.91. The van der Waals surface area contributed by atoms with Gasteiger partial charge >= 0.3 is 0 Å². The molecule has 1 heterocycles. The van der Waals surface area contributed by atoms with Gasteiger partial charge in [-0.1, -0.05) is 0 Å². The lowest BCUT2D eigenvalue weighted by Crippen LogP contribution is -2.17. The molecular weight excluding hydrogens is 235 g/mol. The normalized spacial score (nSPS) is 10.8. The summed E-state index contributed by atoms with van der Waals surface area (Å²) in [6.07, 6.45) is 0. The first kappa shape index (κ1) is 11.3. The van der Waals surface area contributed by atoms with Crippen LogP contribution in [0.1, 0.15) is 5.69 Å². The molecule has 1 aromatic carbocycles. The molecule has 90 valence electrons. The van der Waals surface area contributed by atoms with Gasteiger partial charge in [0.15, 0.2) is 17.5 Å². The van der Waals surface area contributed by atoms with Crippen LogP contribution in [0.2, 0.25) is 0 Å². The molecular formula is C10H8F3N3O. The van der Waals surface area contributed by atoms with Crippen LogP contribution in [0.25, 0.3) is 5.69 Å². The zero-order valence-electron chi connectivity index (χ0n) is 8.72. The Morgan fingerprint density at radius 3 is 2.18 bits per heavy atom. The molecule has 3 N–H and O–H groups in total. The van der Waals surface area contributed by atoms with Crippen molar-refractivity contribution in [3.63, 3.8) is 0 Å². The van der Waals surface area contributed by atoms with Crippen LogP contribution in [0, 0.1) is 24.4 Å². The number of aromatic nitrogens is 2. The Labute approximate surface area is 93.5 Å². The monoisotopic (exact) mass is 243 g/mol. The summed E-state index contributed by atoms with van der Waals surface area (Å²) in [7, 11) is 0. The van der Waals surface area contributed by atoms with Crippen molar-refractivity contribution >= 4 is 5.69 Å². The Balaban J connectivity index is 2.69. The van der Waals surface area contributed by atoms with Crippen LogP contribution in [0.15, 0.2) is 16.9 Å². The van der Waals surface area contributed by atoms with E-state index in [1.165, 1.54) is 6.92 Å². The number of benzene rings is 1. The number of anilines is 1. The molecule has 0 fully saturated rings. The summed E-state index contributed by atoms with van der Waals surface area (Å²) in [6, 6.07) is 1.41. The zero-order chi connectivity index (χ0) is 12.7. The average molecular weight is 243 g/mol. The summed E-state index contributed by atoms with van der Waals surface area (Å²) >= 11 is 0. The standard InChI is InChI=1S/C10H8F3N3O/c1-4-9(14)10(17)16(15-4)5-2-6(11)8(13)7(12)3-5/h2-3,15H,14H2,1H3. The van der Waals surface area contributed by atoms with Crippen molar-refractivity contribution in [2.45, 2.75) is 6.92 Å². The molecule has 4 nitrogen and oxygen atoms in total. The van der Waals surface area contributed by atoms with Gasteiger partial charge in [-0.05, 0) is 6.92 Å². The number of nitrogen functional groups attached to an aromatic ring is 1. The average Bonchev–Trinajstić information content (AvgIpc) is 2.53. The van der Waals surface area contributed by atoms with Crippen molar-refractivity contribution in [3.8, 4) is 5.69 Å². The molecule has 17 heavy (non-hydrogen) atoms. The van der Waals surface area contributed by atoms with Crippen LogP contribution in [0.4, 0.5) is 18.9 Å². The fraction of sp³-hybridized carbons (Fsp3) is 0.100. The summed E-state index contributed by atoms with van der Waals surface area (Å²) in [6.45, 7) is 1.53. The molecule has 0 spiro atoms. The van der Waals surface area contributed by atoms with Crippen LogP contribution in [-0.2, 0) is 0 Å². The molecule has 0 aliphatic heterocycles. The molecule has 7 heteroatoms. The first-order valence-corrected chi connectivity index (χ1v) is 4.64. The highest BCUT2D eigenvalue weighted by molar-refractivity contribution is 5.44. The van der Waals surface area contributed by atoms with Crippen molar-refractivity contribution in [1.29, 1.82) is 0 Å². The molecule has 0 saturated heterocycles. The van der Waals surface area contributed by atoms with E-state index in [0.717, 1.165) is 4.68 Å². The number of H-pyrrole nitrogens is 1. The molecule has 0 aliphatic rings. The minimum absolute atomic E-state index is 0.0601. The van der Waals surface area contributed by atoms with Crippen LogP contribution in [0.3, 0.4) is 0 Å². The van der Waals surface area contributed by atoms with E-state index in [1.807, 2.05) is 0 Å². The minimum Gasteiger partial charge on any atom is -0.393 e. The molecule has 2 aromatic rings. The van der Waals surface area contributed by atoms with Gasteiger partial charge < -0.3 is 5.73 Å². The molecule has 0 saturated carbocycles. The van der Waals surface area contributed by atoms with Gasteiger partial charge in [-0.15, -0.1) is 0 Å². The Morgan fingerprint density at radius 1 is 1.24 bits per heavy atom. The van der Waals surface area contributed by atoms with Gasteiger partial charge in [-0.3, -0.25) is 9.89 Å². The summed E-state index contributed by atoms with van der Waals surface area (Å²) in [5, 5.41) is 2.53. The van der Waals surface area contributed by atoms with Gasteiger partial charge in [0.05, 0.1) is 11.4 Å². The van der Waals surface area contributed by atoms with Crippen LogP contribution >= 0.6 is 0 Å². The second kappa shape index (κ2) is 3.69. The third-order valence-corrected chi connectivity index (χ3v) is 2.34. The molecule has 0 radical (unpaired) electrons. The third-order valence-electron chi connectivity index (χ3n) is 2.34. The van der Waals surface area contributed by atoms with Crippen molar-refractivity contribution in [1.82, 2.24) is 9.78 Å². The Kier molecular flexibility index (Phi) is 2.45. The maximum atomic E-state index is 13.0. The van der Waals surface area contributed by atoms with Crippen molar-refractivity contribution in [2.75, 3.05) is 5.73 Å². The van der Waals surface area contributed by atoms with Gasteiger partial charge in [0.2, 0.25) is 0 Å². The number of nitrogens with zero attached hydrogens (tertiary/aromatic N) is 1. The maximum absolute atomic E-state index is 13.0. The molecule has 0 unspecified atom stereocenters. The molecule has 0 atom stereocenters. The number of hydrogen-bond donors (Lipinski definition) is 2. The van der Waals surface area contributed by atoms with E-state index in [0.29, 0.717) is 17.8 Å². The molecule has 2 rings (SSSR count). The zero-order valence-corrected chi connectivity index (χ0v) is 8.72. The SMILES string of the molecule is Cc1[nH]n(-c2cc(F)c(F)c(F)c2)c(=O)c1N. The number of aromatic amines is 1. The minimum atomic E-state index is -1.59. The van der Waals surface area contributed by atoms with E-state index >= 15 is 0 Å². The molecule has 0 bridgehead atoms. The summed E-state index contributed by atoms with van der Waals surface area (Å²) in [5.41, 5.74) is 4.91. The third kappa shape index (κ3) is 1.69. The Bertz CT molecular complexity index is 622. The van der Waals surface area contributed by atoms with Crippen molar-refractivity contribution < 1.29 is 13.2 Å². The van der Waals surface area contributed by atoms with E-state index in [2.05, 4.69) is 5.10 Å². The second-order valence-corrected chi connectivity index (χ2v) is 3.51. The lowest BCUT2D eigenvalue weighted by atomic mass is 10.3. The Morgan fingerprint density at radius 2 is 1.76 bits per heavy atom. The fourth-order valence-corrected chi connectivity index (χ4v) is 1.41. The van der Waals surface area contributed by atoms with E-state index in [4.69, 9.17) is 5.73 Å². The van der Waals surface area contributed by atoms with Gasteiger partial charge in [-0.2, -0.15) is 0 Å². The van der Waals surface area contributed by atoms with E-state index in [1.54, 1.807) is 0 Å². The second-order valence-electron chi connectivity index (χ2n) is 3.51. The fourth-order valence-electron chi connectivity index (χ4n) is 1.41. The molecule has 0 amide bonds. The highest BCUT2D eigenvalue weighted by Gasteiger charge is 2.15. The highest BCUT2D eigenvalue weighted by Crippen LogP contribution is 2.16. The lowest BCUT2D eigenvalue weighted by Gasteiger charge is -2.03. The number of rotatable bonds is 1. The number of halogens is 3. The van der Waals surface area contributed by atoms with E-state index in [9.17, 15) is 18.0 Å². The van der Waals surface area contributed by atoms with Crippen molar-refractivity contribution in [3.05, 3.63) is 45.6 Å². The van der Waals surface area contributed by atoms with Gasteiger partial charge in [0, 0.05) is 12.1 Å². The summed E-state index contributed by atoms with van der Waals surface area (Å²) in [5.74, 6) is -4.34. The smallest absolute Gasteiger partial charge is 0.294 e.